The summed E-state index contributed by atoms with van der Waals surface area (Å²) in [6.45, 7) is 8.73. The van der Waals surface area contributed by atoms with Crippen LogP contribution < -0.4 is 5.32 Å². The van der Waals surface area contributed by atoms with E-state index in [9.17, 15) is 4.79 Å². The molecule has 0 saturated heterocycles. The van der Waals surface area contributed by atoms with Crippen LogP contribution >= 0.6 is 0 Å². The van der Waals surface area contributed by atoms with Crippen molar-refractivity contribution >= 4 is 5.97 Å². The Balaban J connectivity index is 2.72. The molecule has 0 bridgehead atoms. The third-order valence-corrected chi connectivity index (χ3v) is 1.75. The molecule has 6 nitrogen and oxygen atoms in total. The molecule has 90 valence electrons. The number of H-pyrrole nitrogens is 1. The Morgan fingerprint density at radius 3 is 2.69 bits per heavy atom. The monoisotopic (exact) mass is 226 g/mol. The van der Waals surface area contributed by atoms with Crippen molar-refractivity contribution in [2.75, 3.05) is 6.54 Å². The van der Waals surface area contributed by atoms with Gasteiger partial charge in [0.1, 0.15) is 11.3 Å². The minimum atomic E-state index is -0.522. The second-order valence-electron chi connectivity index (χ2n) is 4.40. The van der Waals surface area contributed by atoms with E-state index in [1.807, 2.05) is 27.7 Å². The number of ether oxygens (including phenoxy) is 1. The summed E-state index contributed by atoms with van der Waals surface area (Å²) in [6.07, 6.45) is 0. The molecule has 0 atom stereocenters. The maximum absolute atomic E-state index is 11.7. The first-order valence-corrected chi connectivity index (χ1v) is 5.27. The van der Waals surface area contributed by atoms with Gasteiger partial charge in [0.15, 0.2) is 5.69 Å². The molecule has 1 rings (SSSR count). The minimum Gasteiger partial charge on any atom is -0.455 e. The van der Waals surface area contributed by atoms with Crippen LogP contribution in [-0.4, -0.2) is 33.5 Å². The molecule has 0 radical (unpaired) electrons. The Morgan fingerprint density at radius 1 is 1.44 bits per heavy atom. The fourth-order valence-electron chi connectivity index (χ4n) is 1.11. The Bertz CT molecular complexity index is 354. The second-order valence-corrected chi connectivity index (χ2v) is 4.40. The van der Waals surface area contributed by atoms with Crippen LogP contribution in [0.3, 0.4) is 0 Å². The van der Waals surface area contributed by atoms with Crippen LogP contribution in [0.25, 0.3) is 0 Å². The third kappa shape index (κ3) is 3.62. The number of aromatic amines is 1. The molecule has 0 spiro atoms. The number of nitrogens with one attached hydrogen (secondary N) is 2. The number of hydrogen-bond donors (Lipinski definition) is 2. The van der Waals surface area contributed by atoms with Gasteiger partial charge in [0.05, 0.1) is 0 Å². The van der Waals surface area contributed by atoms with Gasteiger partial charge in [-0.2, -0.15) is 10.3 Å². The van der Waals surface area contributed by atoms with Crippen LogP contribution in [-0.2, 0) is 11.3 Å². The lowest BCUT2D eigenvalue weighted by Gasteiger charge is -2.18. The Morgan fingerprint density at radius 2 is 2.12 bits per heavy atom. The van der Waals surface area contributed by atoms with Crippen molar-refractivity contribution in [1.29, 1.82) is 0 Å². The van der Waals surface area contributed by atoms with Gasteiger partial charge in [-0.15, -0.1) is 5.10 Å². The molecule has 1 heterocycles. The van der Waals surface area contributed by atoms with Gasteiger partial charge in [-0.25, -0.2) is 4.79 Å². The predicted octanol–water partition coefficient (Wildman–Crippen LogP) is 0.869. The van der Waals surface area contributed by atoms with Gasteiger partial charge in [0, 0.05) is 6.54 Å². The highest BCUT2D eigenvalue weighted by atomic mass is 16.6. The summed E-state index contributed by atoms with van der Waals surface area (Å²) in [5, 5.41) is 13.2. The van der Waals surface area contributed by atoms with Gasteiger partial charge in [-0.1, -0.05) is 6.92 Å². The summed E-state index contributed by atoms with van der Waals surface area (Å²) in [5.41, 5.74) is 0.304. The number of esters is 1. The van der Waals surface area contributed by atoms with Gasteiger partial charge >= 0.3 is 5.97 Å². The maximum atomic E-state index is 11.7. The quantitative estimate of drug-likeness (QED) is 0.745. The van der Waals surface area contributed by atoms with Crippen molar-refractivity contribution in [3.8, 4) is 0 Å². The predicted molar refractivity (Wildman–Crippen MR) is 58.9 cm³/mol. The van der Waals surface area contributed by atoms with Crippen LogP contribution in [0.4, 0.5) is 0 Å². The molecule has 1 aromatic heterocycles. The van der Waals surface area contributed by atoms with Crippen molar-refractivity contribution in [1.82, 2.24) is 20.7 Å². The summed E-state index contributed by atoms with van der Waals surface area (Å²) in [6, 6.07) is 0. The van der Waals surface area contributed by atoms with Crippen LogP contribution in [0.1, 0.15) is 43.9 Å². The molecule has 2 N–H and O–H groups in total. The maximum Gasteiger partial charge on any atom is 0.361 e. The van der Waals surface area contributed by atoms with Crippen LogP contribution in [0.15, 0.2) is 0 Å². The van der Waals surface area contributed by atoms with E-state index in [4.69, 9.17) is 4.74 Å². The van der Waals surface area contributed by atoms with E-state index in [0.717, 1.165) is 6.54 Å². The number of carbonyl (C=O) groups excluding carboxylic acids is 1. The molecule has 16 heavy (non-hydrogen) atoms. The zero-order valence-electron chi connectivity index (χ0n) is 10.1. The van der Waals surface area contributed by atoms with Gasteiger partial charge in [0.2, 0.25) is 0 Å². The van der Waals surface area contributed by atoms with Crippen molar-refractivity contribution in [3.05, 3.63) is 11.4 Å². The third-order valence-electron chi connectivity index (χ3n) is 1.75. The van der Waals surface area contributed by atoms with Crippen molar-refractivity contribution in [2.45, 2.75) is 39.8 Å². The van der Waals surface area contributed by atoms with E-state index in [1.165, 1.54) is 0 Å². The molecule has 0 aliphatic carbocycles. The summed E-state index contributed by atoms with van der Waals surface area (Å²) in [7, 11) is 0. The fraction of sp³-hybridized carbons (Fsp3) is 0.700. The number of nitrogens with zero attached hydrogens (tertiary/aromatic N) is 2. The molecule has 0 fully saturated rings. The molecule has 0 saturated carbocycles. The number of aromatic nitrogens is 3. The largest absolute Gasteiger partial charge is 0.455 e. The Hall–Kier alpha value is -1.43. The van der Waals surface area contributed by atoms with Crippen molar-refractivity contribution < 1.29 is 9.53 Å². The molecule has 0 unspecified atom stereocenters. The van der Waals surface area contributed by atoms with E-state index >= 15 is 0 Å². The highest BCUT2D eigenvalue weighted by molar-refractivity contribution is 5.88. The summed E-state index contributed by atoms with van der Waals surface area (Å²) in [5.74, 6) is -0.450. The molecule has 6 heteroatoms. The fourth-order valence-corrected chi connectivity index (χ4v) is 1.11. The van der Waals surface area contributed by atoms with E-state index in [0.29, 0.717) is 12.2 Å². The molecule has 1 aromatic rings. The zero-order chi connectivity index (χ0) is 12.2. The zero-order valence-corrected chi connectivity index (χ0v) is 10.1. The topological polar surface area (TPSA) is 79.9 Å². The summed E-state index contributed by atoms with van der Waals surface area (Å²) in [4.78, 5) is 11.7. The smallest absolute Gasteiger partial charge is 0.361 e. The molecule has 0 aliphatic rings. The van der Waals surface area contributed by atoms with Crippen LogP contribution in [0.2, 0.25) is 0 Å². The minimum absolute atomic E-state index is 0.246. The van der Waals surface area contributed by atoms with E-state index in [1.54, 1.807) is 0 Å². The standard InChI is InChI=1S/C10H18N4O2/c1-5-11-6-7-8(13-14-12-7)9(15)16-10(2,3)4/h11H,5-6H2,1-4H3,(H,12,13,14). The molecule has 0 aliphatic heterocycles. The summed E-state index contributed by atoms with van der Waals surface area (Å²) < 4.78 is 5.21. The van der Waals surface area contributed by atoms with Crippen molar-refractivity contribution in [3.63, 3.8) is 0 Å². The first-order valence-electron chi connectivity index (χ1n) is 5.27. The normalized spacial score (nSPS) is 11.5. The lowest BCUT2D eigenvalue weighted by Crippen LogP contribution is -2.25. The lowest BCUT2D eigenvalue weighted by atomic mass is 10.2. The Labute approximate surface area is 94.8 Å². The van der Waals surface area contributed by atoms with Crippen molar-refractivity contribution in [2.24, 2.45) is 0 Å². The molecular formula is C10H18N4O2. The average molecular weight is 226 g/mol. The van der Waals surface area contributed by atoms with Gasteiger partial charge in [0.25, 0.3) is 0 Å². The second kappa shape index (κ2) is 5.07. The van der Waals surface area contributed by atoms with Gasteiger partial charge in [-0.05, 0) is 27.3 Å². The highest BCUT2D eigenvalue weighted by Crippen LogP contribution is 2.12. The first-order chi connectivity index (χ1) is 7.44. The van der Waals surface area contributed by atoms with E-state index in [-0.39, 0.29) is 5.69 Å². The number of carbonyl (C=O) groups is 1. The van der Waals surface area contributed by atoms with Crippen LogP contribution in [0.5, 0.6) is 0 Å². The lowest BCUT2D eigenvalue weighted by molar-refractivity contribution is 0.00614. The van der Waals surface area contributed by atoms with E-state index < -0.39 is 11.6 Å². The average Bonchev–Trinajstić information content (AvgIpc) is 2.59. The molecule has 0 aromatic carbocycles. The first kappa shape index (κ1) is 12.6. The number of hydrogen-bond acceptors (Lipinski definition) is 5. The SMILES string of the molecule is CCNCc1n[nH]nc1C(=O)OC(C)(C)C. The van der Waals surface area contributed by atoms with Crippen LogP contribution in [0, 0.1) is 0 Å². The summed E-state index contributed by atoms with van der Waals surface area (Å²) >= 11 is 0. The van der Waals surface area contributed by atoms with E-state index in [2.05, 4.69) is 20.7 Å². The van der Waals surface area contributed by atoms with Gasteiger partial charge in [-0.3, -0.25) is 0 Å². The molecular weight excluding hydrogens is 208 g/mol. The Kier molecular flexibility index (Phi) is 4.00. The molecule has 0 amide bonds. The highest BCUT2D eigenvalue weighted by Gasteiger charge is 2.23. The number of rotatable bonds is 4. The van der Waals surface area contributed by atoms with Gasteiger partial charge < -0.3 is 10.1 Å².